The Bertz CT molecular complexity index is 460. The summed E-state index contributed by atoms with van der Waals surface area (Å²) in [4.78, 5) is 14.8. The number of nitrogens with zero attached hydrogens (tertiary/aromatic N) is 1. The monoisotopic (exact) mass is 290 g/mol. The van der Waals surface area contributed by atoms with Crippen molar-refractivity contribution in [3.63, 3.8) is 0 Å². The number of carbonyl (C=O) groups is 1. The molecular weight excluding hydrogens is 264 g/mol. The number of methoxy groups -OCH3 is 1. The number of likely N-dealkylation sites (N-methyl/N-ethyl adjacent to an activating group) is 1. The van der Waals surface area contributed by atoms with Gasteiger partial charge in [0.2, 0.25) is 0 Å². The molecule has 0 bridgehead atoms. The van der Waals surface area contributed by atoms with E-state index in [1.165, 1.54) is 0 Å². The predicted octanol–water partition coefficient (Wildman–Crippen LogP) is 1.95. The third-order valence-corrected chi connectivity index (χ3v) is 4.10. The Kier molecular flexibility index (Phi) is 6.21. The molecule has 1 N–H and O–H groups in total. The highest BCUT2D eigenvalue weighted by Gasteiger charge is 2.25. The number of likely N-dealkylation sites (tertiary alicyclic amines) is 1. The Balaban J connectivity index is 2.08. The van der Waals surface area contributed by atoms with E-state index in [0.717, 1.165) is 56.6 Å². The van der Waals surface area contributed by atoms with Crippen molar-refractivity contribution >= 4 is 5.91 Å². The van der Waals surface area contributed by atoms with Crippen molar-refractivity contribution < 1.29 is 9.53 Å². The summed E-state index contributed by atoms with van der Waals surface area (Å²) < 4.78 is 5.25. The SMILES string of the molecule is CNCCc1ccccc1C(=O)N1CCCC(COC)C1. The summed E-state index contributed by atoms with van der Waals surface area (Å²) in [6.45, 7) is 3.30. The zero-order valence-corrected chi connectivity index (χ0v) is 13.1. The minimum Gasteiger partial charge on any atom is -0.384 e. The van der Waals surface area contributed by atoms with Gasteiger partial charge >= 0.3 is 0 Å². The first kappa shape index (κ1) is 16.0. The number of hydrogen-bond acceptors (Lipinski definition) is 3. The Morgan fingerprint density at radius 2 is 2.24 bits per heavy atom. The highest BCUT2D eigenvalue weighted by Crippen LogP contribution is 2.20. The van der Waals surface area contributed by atoms with Gasteiger partial charge in [0.25, 0.3) is 5.91 Å². The molecule has 21 heavy (non-hydrogen) atoms. The van der Waals surface area contributed by atoms with Gasteiger partial charge in [0.05, 0.1) is 6.61 Å². The van der Waals surface area contributed by atoms with Crippen LogP contribution in [0.2, 0.25) is 0 Å². The summed E-state index contributed by atoms with van der Waals surface area (Å²) in [6, 6.07) is 7.97. The molecule has 1 atom stereocenters. The van der Waals surface area contributed by atoms with Crippen LogP contribution in [-0.2, 0) is 11.2 Å². The fourth-order valence-electron chi connectivity index (χ4n) is 3.00. The second-order valence-electron chi connectivity index (χ2n) is 5.73. The number of piperidine rings is 1. The van der Waals surface area contributed by atoms with E-state index in [1.807, 2.05) is 30.1 Å². The Hall–Kier alpha value is -1.39. The lowest BCUT2D eigenvalue weighted by Gasteiger charge is -2.33. The van der Waals surface area contributed by atoms with Crippen molar-refractivity contribution in [2.24, 2.45) is 5.92 Å². The minimum absolute atomic E-state index is 0.169. The van der Waals surface area contributed by atoms with Crippen LogP contribution in [0.3, 0.4) is 0 Å². The molecule has 0 radical (unpaired) electrons. The molecule has 1 saturated heterocycles. The first-order valence-electron chi connectivity index (χ1n) is 7.77. The normalized spacial score (nSPS) is 18.8. The molecule has 4 nitrogen and oxygen atoms in total. The quantitative estimate of drug-likeness (QED) is 0.870. The minimum atomic E-state index is 0.169. The van der Waals surface area contributed by atoms with E-state index in [4.69, 9.17) is 4.74 Å². The van der Waals surface area contributed by atoms with Gasteiger partial charge in [-0.25, -0.2) is 0 Å². The van der Waals surface area contributed by atoms with Crippen LogP contribution in [0.1, 0.15) is 28.8 Å². The summed E-state index contributed by atoms with van der Waals surface area (Å²) in [5, 5.41) is 3.14. The van der Waals surface area contributed by atoms with Crippen molar-refractivity contribution in [3.05, 3.63) is 35.4 Å². The second kappa shape index (κ2) is 8.15. The average Bonchev–Trinajstić information content (AvgIpc) is 2.53. The molecule has 1 heterocycles. The second-order valence-corrected chi connectivity index (χ2v) is 5.73. The van der Waals surface area contributed by atoms with Gasteiger partial charge in [-0.15, -0.1) is 0 Å². The summed E-state index contributed by atoms with van der Waals surface area (Å²) in [7, 11) is 3.66. The molecule has 0 spiro atoms. The Morgan fingerprint density at radius 1 is 1.43 bits per heavy atom. The van der Waals surface area contributed by atoms with E-state index in [2.05, 4.69) is 11.4 Å². The zero-order valence-electron chi connectivity index (χ0n) is 13.1. The summed E-state index contributed by atoms with van der Waals surface area (Å²) in [6.07, 6.45) is 3.10. The molecule has 0 saturated carbocycles. The molecule has 0 aromatic heterocycles. The molecule has 1 aromatic carbocycles. The smallest absolute Gasteiger partial charge is 0.254 e. The first-order valence-corrected chi connectivity index (χ1v) is 7.77. The van der Waals surface area contributed by atoms with Crippen LogP contribution < -0.4 is 5.32 Å². The Morgan fingerprint density at radius 3 is 3.00 bits per heavy atom. The zero-order chi connectivity index (χ0) is 15.1. The van der Waals surface area contributed by atoms with Gasteiger partial charge in [0.15, 0.2) is 0 Å². The third kappa shape index (κ3) is 4.29. The number of rotatable bonds is 6. The molecule has 2 rings (SSSR count). The van der Waals surface area contributed by atoms with Gasteiger partial charge < -0.3 is 15.0 Å². The van der Waals surface area contributed by atoms with Gasteiger partial charge in [-0.1, -0.05) is 18.2 Å². The Labute approximate surface area is 127 Å². The number of nitrogens with one attached hydrogen (secondary N) is 1. The molecule has 1 aliphatic rings. The van der Waals surface area contributed by atoms with Crippen LogP contribution in [0.4, 0.5) is 0 Å². The number of benzene rings is 1. The van der Waals surface area contributed by atoms with Crippen molar-refractivity contribution in [3.8, 4) is 0 Å². The van der Waals surface area contributed by atoms with E-state index >= 15 is 0 Å². The molecule has 0 aliphatic carbocycles. The van der Waals surface area contributed by atoms with E-state index in [0.29, 0.717) is 5.92 Å². The van der Waals surface area contributed by atoms with Crippen LogP contribution >= 0.6 is 0 Å². The van der Waals surface area contributed by atoms with Gasteiger partial charge in [0.1, 0.15) is 0 Å². The topological polar surface area (TPSA) is 41.6 Å². The lowest BCUT2D eigenvalue weighted by molar-refractivity contribution is 0.0570. The van der Waals surface area contributed by atoms with Crippen LogP contribution in [0.15, 0.2) is 24.3 Å². The molecule has 1 aromatic rings. The first-order chi connectivity index (χ1) is 10.3. The van der Waals surface area contributed by atoms with Gasteiger partial charge in [0, 0.05) is 25.8 Å². The van der Waals surface area contributed by atoms with Gasteiger partial charge in [-0.3, -0.25) is 4.79 Å². The molecule has 116 valence electrons. The average molecular weight is 290 g/mol. The van der Waals surface area contributed by atoms with E-state index in [9.17, 15) is 4.79 Å². The number of amides is 1. The van der Waals surface area contributed by atoms with Crippen molar-refractivity contribution in [1.82, 2.24) is 10.2 Å². The maximum Gasteiger partial charge on any atom is 0.254 e. The van der Waals surface area contributed by atoms with Crippen LogP contribution in [0.25, 0.3) is 0 Å². The van der Waals surface area contributed by atoms with Crippen molar-refractivity contribution in [2.75, 3.05) is 40.4 Å². The van der Waals surface area contributed by atoms with Gasteiger partial charge in [-0.2, -0.15) is 0 Å². The largest absolute Gasteiger partial charge is 0.384 e. The number of ether oxygens (including phenoxy) is 1. The molecule has 1 amide bonds. The molecule has 1 aliphatic heterocycles. The lowest BCUT2D eigenvalue weighted by Crippen LogP contribution is -2.41. The summed E-state index contributed by atoms with van der Waals surface area (Å²) in [5.41, 5.74) is 1.98. The van der Waals surface area contributed by atoms with Crippen LogP contribution in [0, 0.1) is 5.92 Å². The molecule has 1 fully saturated rings. The van der Waals surface area contributed by atoms with Gasteiger partial charge in [-0.05, 0) is 50.4 Å². The maximum atomic E-state index is 12.8. The van der Waals surface area contributed by atoms with E-state index < -0.39 is 0 Å². The van der Waals surface area contributed by atoms with Crippen molar-refractivity contribution in [1.29, 1.82) is 0 Å². The third-order valence-electron chi connectivity index (χ3n) is 4.10. The predicted molar refractivity (Wildman–Crippen MR) is 84.6 cm³/mol. The van der Waals surface area contributed by atoms with Crippen LogP contribution in [0.5, 0.6) is 0 Å². The number of hydrogen-bond donors (Lipinski definition) is 1. The van der Waals surface area contributed by atoms with E-state index in [-0.39, 0.29) is 5.91 Å². The maximum absolute atomic E-state index is 12.8. The fourth-order valence-corrected chi connectivity index (χ4v) is 3.00. The molecular formula is C17H26N2O2. The molecule has 1 unspecified atom stereocenters. The van der Waals surface area contributed by atoms with Crippen LogP contribution in [-0.4, -0.2) is 51.2 Å². The number of carbonyl (C=O) groups excluding carboxylic acids is 1. The summed E-state index contributed by atoms with van der Waals surface area (Å²) in [5.74, 6) is 0.639. The highest BCUT2D eigenvalue weighted by atomic mass is 16.5. The molecule has 4 heteroatoms. The highest BCUT2D eigenvalue weighted by molar-refractivity contribution is 5.95. The summed E-state index contributed by atoms with van der Waals surface area (Å²) >= 11 is 0. The standard InChI is InChI=1S/C17H26N2O2/c1-18-10-9-15-7-3-4-8-16(15)17(20)19-11-5-6-14(12-19)13-21-2/h3-4,7-8,14,18H,5-6,9-13H2,1-2H3. The lowest BCUT2D eigenvalue weighted by atomic mass is 9.97. The van der Waals surface area contributed by atoms with Crippen molar-refractivity contribution in [2.45, 2.75) is 19.3 Å². The van der Waals surface area contributed by atoms with E-state index in [1.54, 1.807) is 7.11 Å². The fraction of sp³-hybridized carbons (Fsp3) is 0.588.